The van der Waals surface area contributed by atoms with E-state index in [1.807, 2.05) is 13.8 Å². The molecule has 0 saturated carbocycles. The lowest BCUT2D eigenvalue weighted by Gasteiger charge is -2.12. The third-order valence-electron chi connectivity index (χ3n) is 2.03. The molecule has 1 aromatic heterocycles. The van der Waals surface area contributed by atoms with Crippen LogP contribution in [0.25, 0.3) is 0 Å². The summed E-state index contributed by atoms with van der Waals surface area (Å²) in [6.45, 7) is 2.66. The van der Waals surface area contributed by atoms with Gasteiger partial charge >= 0.3 is 6.18 Å². The van der Waals surface area contributed by atoms with E-state index in [2.05, 4.69) is 4.74 Å². The van der Waals surface area contributed by atoms with Gasteiger partial charge in [-0.15, -0.1) is 11.3 Å². The maximum atomic E-state index is 11.9. The Morgan fingerprint density at radius 1 is 1.38 bits per heavy atom. The maximum Gasteiger partial charge on any atom is 0.422 e. The first kappa shape index (κ1) is 13.3. The van der Waals surface area contributed by atoms with Crippen LogP contribution in [0.15, 0.2) is 12.1 Å². The van der Waals surface area contributed by atoms with Crippen molar-refractivity contribution < 1.29 is 17.9 Å². The van der Waals surface area contributed by atoms with Crippen molar-refractivity contribution in [2.24, 2.45) is 11.7 Å². The van der Waals surface area contributed by atoms with Gasteiger partial charge in [-0.05, 0) is 18.1 Å². The van der Waals surface area contributed by atoms with Gasteiger partial charge in [-0.25, -0.2) is 0 Å². The summed E-state index contributed by atoms with van der Waals surface area (Å²) in [5.74, 6) is 0.245. The molecule has 0 fully saturated rings. The third-order valence-corrected chi connectivity index (χ3v) is 3.13. The fraction of sp³-hybridized carbons (Fsp3) is 0.600. The van der Waals surface area contributed by atoms with Gasteiger partial charge in [0.2, 0.25) is 0 Å². The first-order valence-corrected chi connectivity index (χ1v) is 5.66. The molecular formula is C10H14F3NOS. The van der Waals surface area contributed by atoms with E-state index in [0.717, 1.165) is 16.2 Å². The Morgan fingerprint density at radius 3 is 2.50 bits per heavy atom. The van der Waals surface area contributed by atoms with Crippen molar-refractivity contribution in [2.45, 2.75) is 26.1 Å². The van der Waals surface area contributed by atoms with Gasteiger partial charge in [-0.1, -0.05) is 13.8 Å². The Labute approximate surface area is 96.2 Å². The fourth-order valence-electron chi connectivity index (χ4n) is 1.07. The Hall–Kier alpha value is -0.750. The topological polar surface area (TPSA) is 35.2 Å². The average Bonchev–Trinajstić information content (AvgIpc) is 2.60. The molecule has 16 heavy (non-hydrogen) atoms. The Kier molecular flexibility index (Phi) is 4.21. The van der Waals surface area contributed by atoms with Crippen molar-refractivity contribution in [3.8, 4) is 5.06 Å². The molecule has 0 aromatic carbocycles. The summed E-state index contributed by atoms with van der Waals surface area (Å²) in [6, 6.07) is 3.07. The van der Waals surface area contributed by atoms with E-state index in [1.165, 1.54) is 6.07 Å². The Balaban J connectivity index is 2.58. The summed E-state index contributed by atoms with van der Waals surface area (Å²) in [5, 5.41) is 0.253. The minimum Gasteiger partial charge on any atom is -0.475 e. The molecule has 0 saturated heterocycles. The number of thiophene rings is 1. The Bertz CT molecular complexity index is 335. The van der Waals surface area contributed by atoms with E-state index in [1.54, 1.807) is 6.07 Å². The second-order valence-electron chi connectivity index (χ2n) is 3.83. The monoisotopic (exact) mass is 253 g/mol. The highest BCUT2D eigenvalue weighted by molar-refractivity contribution is 7.13. The van der Waals surface area contributed by atoms with Crippen LogP contribution in [0, 0.1) is 5.92 Å². The van der Waals surface area contributed by atoms with Crippen molar-refractivity contribution in [1.82, 2.24) is 0 Å². The number of hydrogen-bond acceptors (Lipinski definition) is 3. The number of halogens is 3. The van der Waals surface area contributed by atoms with Crippen LogP contribution in [-0.2, 0) is 0 Å². The molecule has 0 spiro atoms. The molecule has 0 aliphatic heterocycles. The van der Waals surface area contributed by atoms with Crippen LogP contribution in [0.4, 0.5) is 13.2 Å². The summed E-state index contributed by atoms with van der Waals surface area (Å²) >= 11 is 1.16. The van der Waals surface area contributed by atoms with Gasteiger partial charge in [-0.3, -0.25) is 0 Å². The number of rotatable bonds is 4. The van der Waals surface area contributed by atoms with Crippen LogP contribution in [-0.4, -0.2) is 12.8 Å². The summed E-state index contributed by atoms with van der Waals surface area (Å²) in [7, 11) is 0. The molecule has 0 amide bonds. The van der Waals surface area contributed by atoms with Crippen LogP contribution in [0.2, 0.25) is 0 Å². The summed E-state index contributed by atoms with van der Waals surface area (Å²) in [6.07, 6.45) is -4.30. The van der Waals surface area contributed by atoms with Gasteiger partial charge in [0.1, 0.15) is 0 Å². The lowest BCUT2D eigenvalue weighted by Crippen LogP contribution is -2.18. The molecule has 0 aliphatic carbocycles. The van der Waals surface area contributed by atoms with E-state index >= 15 is 0 Å². The van der Waals surface area contributed by atoms with E-state index in [9.17, 15) is 13.2 Å². The van der Waals surface area contributed by atoms with E-state index in [4.69, 9.17) is 5.73 Å². The summed E-state index contributed by atoms with van der Waals surface area (Å²) in [5.41, 5.74) is 5.87. The highest BCUT2D eigenvalue weighted by Crippen LogP contribution is 2.32. The molecule has 1 rings (SSSR count). The van der Waals surface area contributed by atoms with Crippen molar-refractivity contribution in [3.63, 3.8) is 0 Å². The van der Waals surface area contributed by atoms with Crippen LogP contribution in [0.3, 0.4) is 0 Å². The number of nitrogens with two attached hydrogens (primary N) is 1. The van der Waals surface area contributed by atoms with Crippen molar-refractivity contribution in [3.05, 3.63) is 17.0 Å². The van der Waals surface area contributed by atoms with Crippen molar-refractivity contribution in [2.75, 3.05) is 6.61 Å². The molecule has 1 aromatic rings. The molecule has 0 unspecified atom stereocenters. The second-order valence-corrected chi connectivity index (χ2v) is 4.91. The average molecular weight is 253 g/mol. The summed E-state index contributed by atoms with van der Waals surface area (Å²) < 4.78 is 40.3. The largest absolute Gasteiger partial charge is 0.475 e. The van der Waals surface area contributed by atoms with Gasteiger partial charge in [0.05, 0.1) is 0 Å². The molecule has 0 radical (unpaired) electrons. The first-order valence-electron chi connectivity index (χ1n) is 4.84. The lowest BCUT2D eigenvalue weighted by molar-refractivity contribution is -0.152. The molecular weight excluding hydrogens is 239 g/mol. The standard InChI is InChI=1S/C10H14F3NOS/c1-6(2)9(14)7-3-4-8(16-7)15-5-10(11,12)13/h3-4,6,9H,5,14H2,1-2H3/t9-/m1/s1. The molecule has 0 aliphatic rings. The molecule has 1 heterocycles. The molecule has 92 valence electrons. The van der Waals surface area contributed by atoms with Gasteiger partial charge in [0.25, 0.3) is 0 Å². The van der Waals surface area contributed by atoms with Gasteiger partial charge in [-0.2, -0.15) is 13.2 Å². The minimum absolute atomic E-state index is 0.159. The molecule has 2 nitrogen and oxygen atoms in total. The molecule has 1 atom stereocenters. The highest BCUT2D eigenvalue weighted by Gasteiger charge is 2.28. The highest BCUT2D eigenvalue weighted by atomic mass is 32.1. The molecule has 6 heteroatoms. The van der Waals surface area contributed by atoms with E-state index in [0.29, 0.717) is 0 Å². The van der Waals surface area contributed by atoms with E-state index in [-0.39, 0.29) is 17.0 Å². The summed E-state index contributed by atoms with van der Waals surface area (Å²) in [4.78, 5) is 0.840. The zero-order valence-electron chi connectivity index (χ0n) is 9.04. The minimum atomic E-state index is -4.30. The first-order chi connectivity index (χ1) is 7.29. The fourth-order valence-corrected chi connectivity index (χ4v) is 2.10. The molecule has 0 bridgehead atoms. The predicted octanol–water partition coefficient (Wildman–Crippen LogP) is 3.35. The van der Waals surface area contributed by atoms with Crippen molar-refractivity contribution in [1.29, 1.82) is 0 Å². The van der Waals surface area contributed by atoms with Crippen LogP contribution in [0.1, 0.15) is 24.8 Å². The normalized spacial score (nSPS) is 14.2. The quantitative estimate of drug-likeness (QED) is 0.893. The van der Waals surface area contributed by atoms with Crippen molar-refractivity contribution >= 4 is 11.3 Å². The second kappa shape index (κ2) is 5.05. The predicted molar refractivity (Wildman–Crippen MR) is 57.6 cm³/mol. The SMILES string of the molecule is CC(C)[C@@H](N)c1ccc(OCC(F)(F)F)s1. The number of hydrogen-bond donors (Lipinski definition) is 1. The number of ether oxygens (including phenoxy) is 1. The lowest BCUT2D eigenvalue weighted by atomic mass is 10.0. The zero-order chi connectivity index (χ0) is 12.3. The van der Waals surface area contributed by atoms with Crippen LogP contribution in [0.5, 0.6) is 5.06 Å². The maximum absolute atomic E-state index is 11.9. The zero-order valence-corrected chi connectivity index (χ0v) is 9.86. The van der Waals surface area contributed by atoms with Gasteiger partial charge in [0.15, 0.2) is 11.7 Å². The Morgan fingerprint density at radius 2 is 2.00 bits per heavy atom. The van der Waals surface area contributed by atoms with Crippen LogP contribution < -0.4 is 10.5 Å². The smallest absolute Gasteiger partial charge is 0.422 e. The van der Waals surface area contributed by atoms with E-state index < -0.39 is 12.8 Å². The van der Waals surface area contributed by atoms with Gasteiger partial charge in [0, 0.05) is 10.9 Å². The third kappa shape index (κ3) is 4.02. The number of alkyl halides is 3. The van der Waals surface area contributed by atoms with Crippen LogP contribution >= 0.6 is 11.3 Å². The van der Waals surface area contributed by atoms with Gasteiger partial charge < -0.3 is 10.5 Å². The molecule has 2 N–H and O–H groups in total.